The Hall–Kier alpha value is -2.18. The van der Waals surface area contributed by atoms with E-state index < -0.39 is 10.9 Å². The third-order valence-corrected chi connectivity index (χ3v) is 3.10. The smallest absolute Gasteiger partial charge is 0.303 e. The number of carboxylic acid groups (broad SMARTS) is 1. The summed E-state index contributed by atoms with van der Waals surface area (Å²) in [5.41, 5.74) is 0.616. The van der Waals surface area contributed by atoms with Crippen LogP contribution in [0.1, 0.15) is 32.3 Å². The molecule has 0 amide bonds. The van der Waals surface area contributed by atoms with Gasteiger partial charge in [-0.05, 0) is 30.7 Å². The van der Waals surface area contributed by atoms with Gasteiger partial charge in [-0.25, -0.2) is 4.98 Å². The normalized spacial score (nSPS) is 12.2. The van der Waals surface area contributed by atoms with E-state index in [0.717, 1.165) is 6.42 Å². The number of nitrogens with one attached hydrogen (secondary N) is 1. The van der Waals surface area contributed by atoms with E-state index in [2.05, 4.69) is 10.3 Å². The van der Waals surface area contributed by atoms with Crippen LogP contribution in [-0.4, -0.2) is 27.5 Å². The molecule has 0 saturated heterocycles. The zero-order valence-corrected chi connectivity index (χ0v) is 12.5. The van der Waals surface area contributed by atoms with E-state index in [9.17, 15) is 14.9 Å². The first-order valence-electron chi connectivity index (χ1n) is 6.86. The Labute approximate surface area is 123 Å². The van der Waals surface area contributed by atoms with Gasteiger partial charge in [0.25, 0.3) is 5.69 Å². The molecule has 0 spiro atoms. The number of carbonyl (C=O) groups is 1. The molecular formula is C14H21N3O4. The molecule has 0 aliphatic heterocycles. The number of pyridine rings is 1. The Morgan fingerprint density at radius 1 is 1.52 bits per heavy atom. The first-order valence-corrected chi connectivity index (χ1v) is 6.86. The summed E-state index contributed by atoms with van der Waals surface area (Å²) in [5, 5.41) is 22.7. The lowest BCUT2D eigenvalue weighted by molar-refractivity contribution is -0.385. The molecule has 0 saturated carbocycles. The van der Waals surface area contributed by atoms with Gasteiger partial charge in [0, 0.05) is 19.0 Å². The molecule has 7 nitrogen and oxygen atoms in total. The van der Waals surface area contributed by atoms with Crippen LogP contribution in [0.3, 0.4) is 0 Å². The molecule has 0 aliphatic carbocycles. The van der Waals surface area contributed by atoms with Crippen molar-refractivity contribution in [2.45, 2.75) is 33.6 Å². The van der Waals surface area contributed by atoms with Crippen LogP contribution in [0.2, 0.25) is 0 Å². The molecule has 1 rings (SSSR count). The molecule has 1 aromatic rings. The Morgan fingerprint density at radius 2 is 2.19 bits per heavy atom. The zero-order valence-electron chi connectivity index (χ0n) is 12.5. The average molecular weight is 295 g/mol. The summed E-state index contributed by atoms with van der Waals surface area (Å²) in [6.07, 6.45) is 2.09. The standard InChI is InChI=1S/C14H21N3O4/c1-9(2)4-11(6-13(18)19)7-15-14-10(3)5-12(8-16-14)17(20)21/h5,8-9,11H,4,6-7H2,1-3H3,(H,15,16)(H,18,19). The zero-order chi connectivity index (χ0) is 16.0. The molecular weight excluding hydrogens is 274 g/mol. The van der Waals surface area contributed by atoms with E-state index in [4.69, 9.17) is 5.11 Å². The van der Waals surface area contributed by atoms with Gasteiger partial charge in [-0.2, -0.15) is 0 Å². The lowest BCUT2D eigenvalue weighted by Crippen LogP contribution is -2.20. The van der Waals surface area contributed by atoms with Gasteiger partial charge < -0.3 is 10.4 Å². The van der Waals surface area contributed by atoms with Crippen molar-refractivity contribution in [3.8, 4) is 0 Å². The number of aromatic nitrogens is 1. The fraction of sp³-hybridized carbons (Fsp3) is 0.571. The van der Waals surface area contributed by atoms with Gasteiger partial charge in [0.2, 0.25) is 0 Å². The summed E-state index contributed by atoms with van der Waals surface area (Å²) in [6.45, 7) is 6.31. The maximum Gasteiger partial charge on any atom is 0.303 e. The number of nitro groups is 1. The SMILES string of the molecule is Cc1cc([N+](=O)[O-])cnc1NCC(CC(=O)O)CC(C)C. The Kier molecular flexibility index (Phi) is 6.08. The van der Waals surface area contributed by atoms with Gasteiger partial charge in [0.05, 0.1) is 4.92 Å². The van der Waals surface area contributed by atoms with E-state index in [1.54, 1.807) is 6.92 Å². The summed E-state index contributed by atoms with van der Waals surface area (Å²) >= 11 is 0. The quantitative estimate of drug-likeness (QED) is 0.564. The van der Waals surface area contributed by atoms with E-state index in [1.807, 2.05) is 13.8 Å². The van der Waals surface area contributed by atoms with Crippen molar-refractivity contribution in [3.05, 3.63) is 27.9 Å². The van der Waals surface area contributed by atoms with E-state index >= 15 is 0 Å². The molecule has 2 N–H and O–H groups in total. The Balaban J connectivity index is 2.70. The van der Waals surface area contributed by atoms with Crippen molar-refractivity contribution in [3.63, 3.8) is 0 Å². The number of hydrogen-bond donors (Lipinski definition) is 2. The summed E-state index contributed by atoms with van der Waals surface area (Å²) < 4.78 is 0. The lowest BCUT2D eigenvalue weighted by atomic mass is 9.94. The predicted octanol–water partition coefficient (Wildman–Crippen LogP) is 2.85. The van der Waals surface area contributed by atoms with Crippen LogP contribution in [-0.2, 0) is 4.79 Å². The van der Waals surface area contributed by atoms with Crippen LogP contribution in [0.4, 0.5) is 11.5 Å². The summed E-state index contributed by atoms with van der Waals surface area (Å²) in [7, 11) is 0. The fourth-order valence-electron chi connectivity index (χ4n) is 2.24. The summed E-state index contributed by atoms with van der Waals surface area (Å²) in [6, 6.07) is 1.45. The van der Waals surface area contributed by atoms with Crippen LogP contribution in [0, 0.1) is 28.9 Å². The highest BCUT2D eigenvalue weighted by molar-refractivity contribution is 5.67. The van der Waals surface area contributed by atoms with E-state index in [1.165, 1.54) is 12.3 Å². The van der Waals surface area contributed by atoms with Crippen LogP contribution >= 0.6 is 0 Å². The number of anilines is 1. The van der Waals surface area contributed by atoms with Crippen molar-refractivity contribution in [1.29, 1.82) is 0 Å². The molecule has 21 heavy (non-hydrogen) atoms. The second-order valence-electron chi connectivity index (χ2n) is 5.59. The fourth-order valence-corrected chi connectivity index (χ4v) is 2.24. The minimum Gasteiger partial charge on any atom is -0.481 e. The number of hydrogen-bond acceptors (Lipinski definition) is 5. The Morgan fingerprint density at radius 3 is 2.67 bits per heavy atom. The molecule has 7 heteroatoms. The molecule has 0 radical (unpaired) electrons. The molecule has 0 aromatic carbocycles. The maximum atomic E-state index is 10.9. The highest BCUT2D eigenvalue weighted by Gasteiger charge is 2.16. The molecule has 1 atom stereocenters. The van der Waals surface area contributed by atoms with Gasteiger partial charge in [-0.1, -0.05) is 13.8 Å². The number of carboxylic acids is 1. The maximum absolute atomic E-state index is 10.9. The first-order chi connectivity index (χ1) is 9.79. The van der Waals surface area contributed by atoms with Gasteiger partial charge in [-0.15, -0.1) is 0 Å². The molecule has 0 fully saturated rings. The number of aryl methyl sites for hydroxylation is 1. The molecule has 1 aromatic heterocycles. The van der Waals surface area contributed by atoms with E-state index in [0.29, 0.717) is 23.8 Å². The molecule has 0 aliphatic rings. The van der Waals surface area contributed by atoms with Crippen LogP contribution in [0.15, 0.2) is 12.3 Å². The van der Waals surface area contributed by atoms with Gasteiger partial charge in [-0.3, -0.25) is 14.9 Å². The van der Waals surface area contributed by atoms with Crippen molar-refractivity contribution in [2.75, 3.05) is 11.9 Å². The van der Waals surface area contributed by atoms with Crippen molar-refractivity contribution >= 4 is 17.5 Å². The highest BCUT2D eigenvalue weighted by Crippen LogP contribution is 2.20. The Bertz CT molecular complexity index is 517. The second-order valence-corrected chi connectivity index (χ2v) is 5.59. The first kappa shape index (κ1) is 16.9. The molecule has 116 valence electrons. The van der Waals surface area contributed by atoms with Crippen molar-refractivity contribution < 1.29 is 14.8 Å². The van der Waals surface area contributed by atoms with Crippen molar-refractivity contribution in [1.82, 2.24) is 4.98 Å². The molecule has 1 heterocycles. The minimum absolute atomic E-state index is 0.00103. The van der Waals surface area contributed by atoms with Crippen LogP contribution in [0.5, 0.6) is 0 Å². The monoisotopic (exact) mass is 295 g/mol. The number of aliphatic carboxylic acids is 1. The van der Waals surface area contributed by atoms with E-state index in [-0.39, 0.29) is 18.0 Å². The largest absolute Gasteiger partial charge is 0.481 e. The predicted molar refractivity (Wildman–Crippen MR) is 79.3 cm³/mol. The third-order valence-electron chi connectivity index (χ3n) is 3.10. The van der Waals surface area contributed by atoms with Crippen LogP contribution in [0.25, 0.3) is 0 Å². The molecule has 1 unspecified atom stereocenters. The van der Waals surface area contributed by atoms with Crippen LogP contribution < -0.4 is 5.32 Å². The second kappa shape index (κ2) is 7.56. The summed E-state index contributed by atoms with van der Waals surface area (Å²) in [4.78, 5) is 25.1. The average Bonchev–Trinajstić information content (AvgIpc) is 2.35. The highest BCUT2D eigenvalue weighted by atomic mass is 16.6. The summed E-state index contributed by atoms with van der Waals surface area (Å²) in [5.74, 6) is 0.136. The van der Waals surface area contributed by atoms with Gasteiger partial charge >= 0.3 is 5.97 Å². The number of rotatable bonds is 8. The van der Waals surface area contributed by atoms with Gasteiger partial charge in [0.1, 0.15) is 12.0 Å². The minimum atomic E-state index is -0.823. The van der Waals surface area contributed by atoms with Crippen molar-refractivity contribution in [2.24, 2.45) is 11.8 Å². The van der Waals surface area contributed by atoms with Gasteiger partial charge in [0.15, 0.2) is 0 Å². The lowest BCUT2D eigenvalue weighted by Gasteiger charge is -2.18. The topological polar surface area (TPSA) is 105 Å². The number of nitrogens with zero attached hydrogens (tertiary/aromatic N) is 2. The third kappa shape index (κ3) is 5.76. The molecule has 0 bridgehead atoms.